The standard InChI is InChI=1S/C15H16ClNO2S/c16-13-2-1-3-14(8-13)20(19)10-15(18)12-6-4-11(9-17)5-7-12/h1-8,15,18H,9-10,17H2. The molecule has 0 aliphatic heterocycles. The number of aliphatic hydroxyl groups excluding tert-OH is 1. The summed E-state index contributed by atoms with van der Waals surface area (Å²) >= 11 is 5.87. The van der Waals surface area contributed by atoms with Gasteiger partial charge in [0.25, 0.3) is 0 Å². The molecule has 2 rings (SSSR count). The van der Waals surface area contributed by atoms with E-state index in [0.717, 1.165) is 11.1 Å². The number of nitrogens with two attached hydrogens (primary N) is 1. The number of benzene rings is 2. The SMILES string of the molecule is NCc1ccc(C(O)CS(=O)c2cccc(Cl)c2)cc1. The fourth-order valence-corrected chi connectivity index (χ4v) is 3.24. The fraction of sp³-hybridized carbons (Fsp3) is 0.200. The van der Waals surface area contributed by atoms with E-state index in [1.165, 1.54) is 0 Å². The van der Waals surface area contributed by atoms with Gasteiger partial charge in [-0.25, -0.2) is 0 Å². The van der Waals surface area contributed by atoms with Crippen molar-refractivity contribution >= 4 is 22.4 Å². The molecule has 0 fully saturated rings. The summed E-state index contributed by atoms with van der Waals surface area (Å²) in [5.41, 5.74) is 7.25. The molecule has 2 aromatic carbocycles. The molecule has 0 aliphatic carbocycles. The maximum Gasteiger partial charge on any atom is 0.0908 e. The number of hydrogen-bond acceptors (Lipinski definition) is 3. The van der Waals surface area contributed by atoms with E-state index in [9.17, 15) is 9.32 Å². The van der Waals surface area contributed by atoms with E-state index in [2.05, 4.69) is 0 Å². The number of hydrogen-bond donors (Lipinski definition) is 2. The lowest BCUT2D eigenvalue weighted by molar-refractivity contribution is 0.203. The van der Waals surface area contributed by atoms with Crippen LogP contribution in [0, 0.1) is 0 Å². The quantitative estimate of drug-likeness (QED) is 0.892. The van der Waals surface area contributed by atoms with E-state index in [0.29, 0.717) is 16.5 Å². The molecule has 0 bridgehead atoms. The first-order valence-electron chi connectivity index (χ1n) is 6.21. The third-order valence-corrected chi connectivity index (χ3v) is 4.60. The average Bonchev–Trinajstić information content (AvgIpc) is 2.47. The fourth-order valence-electron chi connectivity index (χ4n) is 1.82. The van der Waals surface area contributed by atoms with Crippen LogP contribution in [0.25, 0.3) is 0 Å². The van der Waals surface area contributed by atoms with Crippen LogP contribution in [0.5, 0.6) is 0 Å². The summed E-state index contributed by atoms with van der Waals surface area (Å²) in [5, 5.41) is 10.7. The van der Waals surface area contributed by atoms with Gasteiger partial charge in [0.2, 0.25) is 0 Å². The molecule has 0 saturated carbocycles. The van der Waals surface area contributed by atoms with Gasteiger partial charge < -0.3 is 10.8 Å². The zero-order chi connectivity index (χ0) is 14.5. The van der Waals surface area contributed by atoms with Gasteiger partial charge >= 0.3 is 0 Å². The maximum absolute atomic E-state index is 12.2. The van der Waals surface area contributed by atoms with E-state index in [1.54, 1.807) is 24.3 Å². The van der Waals surface area contributed by atoms with Crippen molar-refractivity contribution in [2.75, 3.05) is 5.75 Å². The minimum absolute atomic E-state index is 0.141. The molecule has 2 aromatic rings. The van der Waals surface area contributed by atoms with Crippen LogP contribution >= 0.6 is 11.6 Å². The molecule has 3 N–H and O–H groups in total. The summed E-state index contributed by atoms with van der Waals surface area (Å²) in [4.78, 5) is 0.620. The van der Waals surface area contributed by atoms with Crippen LogP contribution in [0.2, 0.25) is 5.02 Å². The number of aliphatic hydroxyl groups is 1. The van der Waals surface area contributed by atoms with E-state index < -0.39 is 16.9 Å². The Morgan fingerprint density at radius 2 is 1.90 bits per heavy atom. The van der Waals surface area contributed by atoms with Gasteiger partial charge in [-0.05, 0) is 29.3 Å². The Balaban J connectivity index is 2.06. The predicted molar refractivity (Wildman–Crippen MR) is 82.0 cm³/mol. The topological polar surface area (TPSA) is 63.3 Å². The van der Waals surface area contributed by atoms with Gasteiger partial charge in [-0.15, -0.1) is 0 Å². The Morgan fingerprint density at radius 3 is 2.50 bits per heavy atom. The monoisotopic (exact) mass is 309 g/mol. The van der Waals surface area contributed by atoms with Crippen molar-refractivity contribution in [2.24, 2.45) is 5.73 Å². The first kappa shape index (κ1) is 15.2. The van der Waals surface area contributed by atoms with Crippen molar-refractivity contribution in [1.29, 1.82) is 0 Å². The van der Waals surface area contributed by atoms with Crippen LogP contribution in [-0.4, -0.2) is 15.1 Å². The Bertz CT molecular complexity index is 601. The molecule has 0 aliphatic rings. The van der Waals surface area contributed by atoms with Gasteiger partial charge in [-0.3, -0.25) is 4.21 Å². The van der Waals surface area contributed by atoms with Gasteiger partial charge in [-0.1, -0.05) is 41.9 Å². The molecule has 20 heavy (non-hydrogen) atoms. The third kappa shape index (κ3) is 3.90. The molecule has 0 radical (unpaired) electrons. The summed E-state index contributed by atoms with van der Waals surface area (Å²) in [7, 11) is -1.29. The van der Waals surface area contributed by atoms with Crippen LogP contribution in [0.15, 0.2) is 53.4 Å². The number of halogens is 1. The van der Waals surface area contributed by atoms with Crippen LogP contribution in [0.4, 0.5) is 0 Å². The van der Waals surface area contributed by atoms with Crippen molar-refractivity contribution in [2.45, 2.75) is 17.5 Å². The molecular weight excluding hydrogens is 294 g/mol. The first-order chi connectivity index (χ1) is 9.60. The van der Waals surface area contributed by atoms with Crippen molar-refractivity contribution < 1.29 is 9.32 Å². The zero-order valence-corrected chi connectivity index (χ0v) is 12.4. The summed E-state index contributed by atoms with van der Waals surface area (Å²) in [6, 6.07) is 14.2. The van der Waals surface area contributed by atoms with Crippen molar-refractivity contribution in [3.63, 3.8) is 0 Å². The lowest BCUT2D eigenvalue weighted by Crippen LogP contribution is -2.09. The molecule has 0 heterocycles. The summed E-state index contributed by atoms with van der Waals surface area (Å²) in [5.74, 6) is 0.141. The van der Waals surface area contributed by atoms with Crippen molar-refractivity contribution in [3.05, 3.63) is 64.7 Å². The summed E-state index contributed by atoms with van der Waals surface area (Å²) < 4.78 is 12.2. The second-order valence-corrected chi connectivity index (χ2v) is 6.36. The molecule has 2 unspecified atom stereocenters. The minimum Gasteiger partial charge on any atom is -0.387 e. The Morgan fingerprint density at radius 1 is 1.20 bits per heavy atom. The van der Waals surface area contributed by atoms with Crippen LogP contribution < -0.4 is 5.73 Å². The second kappa shape index (κ2) is 6.99. The van der Waals surface area contributed by atoms with Crippen LogP contribution in [-0.2, 0) is 17.3 Å². The number of rotatable bonds is 5. The smallest absolute Gasteiger partial charge is 0.0908 e. The Kier molecular flexibility index (Phi) is 5.31. The van der Waals surface area contributed by atoms with Crippen molar-refractivity contribution in [3.8, 4) is 0 Å². The third-order valence-electron chi connectivity index (χ3n) is 2.97. The highest BCUT2D eigenvalue weighted by molar-refractivity contribution is 7.85. The van der Waals surface area contributed by atoms with Gasteiger partial charge in [-0.2, -0.15) is 0 Å². The lowest BCUT2D eigenvalue weighted by Gasteiger charge is -2.11. The Hall–Kier alpha value is -1.20. The van der Waals surface area contributed by atoms with Gasteiger partial charge in [0.1, 0.15) is 0 Å². The molecule has 106 valence electrons. The second-order valence-electron chi connectivity index (χ2n) is 4.43. The molecule has 3 nitrogen and oxygen atoms in total. The van der Waals surface area contributed by atoms with Gasteiger partial charge in [0.05, 0.1) is 22.7 Å². The minimum atomic E-state index is -1.29. The van der Waals surface area contributed by atoms with Gasteiger partial charge in [0, 0.05) is 16.5 Å². The van der Waals surface area contributed by atoms with Crippen LogP contribution in [0.1, 0.15) is 17.2 Å². The van der Waals surface area contributed by atoms with Crippen molar-refractivity contribution in [1.82, 2.24) is 0 Å². The highest BCUT2D eigenvalue weighted by atomic mass is 35.5. The van der Waals surface area contributed by atoms with E-state index in [1.807, 2.05) is 24.3 Å². The molecule has 0 spiro atoms. The molecule has 0 aromatic heterocycles. The maximum atomic E-state index is 12.2. The normalized spacial score (nSPS) is 13.9. The lowest BCUT2D eigenvalue weighted by atomic mass is 10.1. The predicted octanol–water partition coefficient (Wildman–Crippen LogP) is 2.64. The molecule has 0 saturated heterocycles. The molecular formula is C15H16ClNO2S. The highest BCUT2D eigenvalue weighted by Gasteiger charge is 2.13. The molecule has 0 amide bonds. The first-order valence-corrected chi connectivity index (χ1v) is 7.91. The largest absolute Gasteiger partial charge is 0.387 e. The van der Waals surface area contributed by atoms with E-state index in [-0.39, 0.29) is 5.75 Å². The van der Waals surface area contributed by atoms with Gasteiger partial charge in [0.15, 0.2) is 0 Å². The molecule has 2 atom stereocenters. The van der Waals surface area contributed by atoms with E-state index >= 15 is 0 Å². The highest BCUT2D eigenvalue weighted by Crippen LogP contribution is 2.20. The summed E-state index contributed by atoms with van der Waals surface area (Å²) in [6.07, 6.45) is -0.776. The Labute approximate surface area is 125 Å². The zero-order valence-electron chi connectivity index (χ0n) is 10.8. The molecule has 5 heteroatoms. The van der Waals surface area contributed by atoms with Crippen LogP contribution in [0.3, 0.4) is 0 Å². The average molecular weight is 310 g/mol. The van der Waals surface area contributed by atoms with E-state index in [4.69, 9.17) is 17.3 Å². The summed E-state index contributed by atoms with van der Waals surface area (Å²) in [6.45, 7) is 0.463.